The van der Waals surface area contributed by atoms with Crippen LogP contribution in [0, 0.1) is 0 Å². The van der Waals surface area contributed by atoms with Crippen LogP contribution in [0.25, 0.3) is 10.8 Å². The molecule has 0 radical (unpaired) electrons. The maximum Gasteiger partial charge on any atom is 0.347 e. The second kappa shape index (κ2) is 9.26. The molecule has 1 heterocycles. The van der Waals surface area contributed by atoms with E-state index in [0.29, 0.717) is 20.8 Å². The summed E-state index contributed by atoms with van der Waals surface area (Å²) in [6, 6.07) is 20.8. The van der Waals surface area contributed by atoms with Gasteiger partial charge < -0.3 is 10.6 Å². The Morgan fingerprint density at radius 3 is 2.42 bits per heavy atom. The largest absolute Gasteiger partial charge is 0.347 e. The fourth-order valence-corrected chi connectivity index (χ4v) is 5.45. The van der Waals surface area contributed by atoms with Gasteiger partial charge in [0.25, 0.3) is 0 Å². The topological polar surface area (TPSA) is 96.9 Å². The molecule has 1 atom stereocenters. The molecular weight excluding hydrogens is 458 g/mol. The van der Waals surface area contributed by atoms with Crippen molar-refractivity contribution in [3.05, 3.63) is 72.8 Å². The molecule has 3 aromatic carbocycles. The SMILES string of the molecule is CC1(C)SC(=S)N(NC(=O)Nc2cccc3ccccc23)[C@@H]1N(O)C(=O)Nc1ccccc1. The van der Waals surface area contributed by atoms with Gasteiger partial charge in [0.15, 0.2) is 10.5 Å². The third kappa shape index (κ3) is 4.87. The number of carbonyl (C=O) groups is 2. The fourth-order valence-electron chi connectivity index (χ4n) is 3.66. The van der Waals surface area contributed by atoms with E-state index in [1.54, 1.807) is 30.3 Å². The van der Waals surface area contributed by atoms with Crippen LogP contribution in [0.1, 0.15) is 13.8 Å². The van der Waals surface area contributed by atoms with Crippen molar-refractivity contribution in [3.63, 3.8) is 0 Å². The number of fused-ring (bicyclic) bond motifs is 1. The van der Waals surface area contributed by atoms with Crippen LogP contribution in [0.15, 0.2) is 72.8 Å². The average Bonchev–Trinajstić information content (AvgIpc) is 3.01. The first-order valence-corrected chi connectivity index (χ1v) is 11.4. The molecule has 10 heteroatoms. The van der Waals surface area contributed by atoms with Crippen LogP contribution in [-0.4, -0.2) is 42.6 Å². The predicted molar refractivity (Wildman–Crippen MR) is 135 cm³/mol. The van der Waals surface area contributed by atoms with Crippen molar-refractivity contribution >= 4 is 62.5 Å². The number of benzene rings is 3. The Kier molecular flexibility index (Phi) is 6.41. The third-order valence-corrected chi connectivity index (χ3v) is 6.69. The first-order chi connectivity index (χ1) is 15.8. The quantitative estimate of drug-likeness (QED) is 0.231. The van der Waals surface area contributed by atoms with E-state index in [4.69, 9.17) is 12.2 Å². The molecule has 1 aliphatic rings. The molecule has 33 heavy (non-hydrogen) atoms. The standard InChI is InChI=1S/C23H23N5O3S2/c1-23(2)19(28(31)21(30)24-16-11-4-3-5-12-16)27(22(32)33-23)26-20(29)25-18-14-8-10-15-9-6-7-13-17(15)18/h3-14,19,31H,1-2H3,(H,24,30)(H2,25,26,29)/t19-/m1/s1. The number of amides is 4. The highest BCUT2D eigenvalue weighted by Gasteiger charge is 2.50. The van der Waals surface area contributed by atoms with Gasteiger partial charge in [-0.3, -0.25) is 5.21 Å². The first kappa shape index (κ1) is 22.8. The van der Waals surface area contributed by atoms with Crippen LogP contribution in [0.5, 0.6) is 0 Å². The van der Waals surface area contributed by atoms with Crippen molar-refractivity contribution in [2.45, 2.75) is 24.8 Å². The van der Waals surface area contributed by atoms with Crippen molar-refractivity contribution in [2.24, 2.45) is 0 Å². The minimum Gasteiger partial charge on any atom is -0.306 e. The van der Waals surface area contributed by atoms with Gasteiger partial charge in [-0.05, 0) is 37.4 Å². The lowest BCUT2D eigenvalue weighted by atomic mass is 10.1. The maximum atomic E-state index is 12.9. The summed E-state index contributed by atoms with van der Waals surface area (Å²) in [5.41, 5.74) is 3.84. The highest BCUT2D eigenvalue weighted by Crippen LogP contribution is 2.41. The molecule has 0 aromatic heterocycles. The number of rotatable bonds is 4. The van der Waals surface area contributed by atoms with Gasteiger partial charge in [0.05, 0.1) is 10.4 Å². The van der Waals surface area contributed by atoms with Gasteiger partial charge in [0.2, 0.25) is 0 Å². The molecule has 3 aromatic rings. The van der Waals surface area contributed by atoms with Crippen LogP contribution in [-0.2, 0) is 0 Å². The highest BCUT2D eigenvalue weighted by molar-refractivity contribution is 8.24. The molecule has 4 rings (SSSR count). The molecule has 4 amide bonds. The van der Waals surface area contributed by atoms with Crippen molar-refractivity contribution in [2.75, 3.05) is 10.6 Å². The van der Waals surface area contributed by atoms with E-state index < -0.39 is 23.0 Å². The molecule has 0 spiro atoms. The van der Waals surface area contributed by atoms with Crippen molar-refractivity contribution < 1.29 is 14.8 Å². The normalized spacial score (nSPS) is 17.0. The summed E-state index contributed by atoms with van der Waals surface area (Å²) in [5.74, 6) is 0. The molecule has 0 bridgehead atoms. The Balaban J connectivity index is 1.51. The molecule has 0 unspecified atom stereocenters. The zero-order valence-electron chi connectivity index (χ0n) is 18.0. The van der Waals surface area contributed by atoms with Gasteiger partial charge in [0.1, 0.15) is 0 Å². The summed E-state index contributed by atoms with van der Waals surface area (Å²) in [6.07, 6.45) is -0.947. The number of hydrazine groups is 1. The number of anilines is 2. The number of thioether (sulfide) groups is 1. The van der Waals surface area contributed by atoms with Crippen molar-refractivity contribution in [1.82, 2.24) is 15.5 Å². The van der Waals surface area contributed by atoms with E-state index in [1.807, 2.05) is 56.3 Å². The van der Waals surface area contributed by atoms with Crippen molar-refractivity contribution in [3.8, 4) is 0 Å². The second-order valence-electron chi connectivity index (χ2n) is 7.95. The van der Waals surface area contributed by atoms with Crippen LogP contribution < -0.4 is 16.1 Å². The van der Waals surface area contributed by atoms with Crippen LogP contribution in [0.4, 0.5) is 21.0 Å². The lowest BCUT2D eigenvalue weighted by Crippen LogP contribution is -2.60. The molecule has 0 saturated carbocycles. The van der Waals surface area contributed by atoms with E-state index in [1.165, 1.54) is 16.8 Å². The highest BCUT2D eigenvalue weighted by atomic mass is 32.2. The number of urea groups is 2. The fraction of sp³-hybridized carbons (Fsp3) is 0.174. The smallest absolute Gasteiger partial charge is 0.306 e. The number of nitrogens with one attached hydrogen (secondary N) is 3. The Morgan fingerprint density at radius 2 is 1.67 bits per heavy atom. The minimum absolute atomic E-state index is 0.324. The Hall–Kier alpha value is -3.34. The number of hydrogen-bond donors (Lipinski definition) is 4. The lowest BCUT2D eigenvalue weighted by molar-refractivity contribution is -0.120. The molecule has 8 nitrogen and oxygen atoms in total. The Bertz CT molecular complexity index is 1200. The maximum absolute atomic E-state index is 12.9. The zero-order valence-corrected chi connectivity index (χ0v) is 19.6. The number of carbonyl (C=O) groups excluding carboxylic acids is 2. The summed E-state index contributed by atoms with van der Waals surface area (Å²) >= 11 is 6.71. The van der Waals surface area contributed by atoms with Crippen LogP contribution in [0.2, 0.25) is 0 Å². The van der Waals surface area contributed by atoms with Gasteiger partial charge in [0, 0.05) is 11.1 Å². The van der Waals surface area contributed by atoms with E-state index >= 15 is 0 Å². The van der Waals surface area contributed by atoms with E-state index in [0.717, 1.165) is 10.8 Å². The van der Waals surface area contributed by atoms with Crippen LogP contribution in [0.3, 0.4) is 0 Å². The van der Waals surface area contributed by atoms with E-state index in [9.17, 15) is 14.8 Å². The van der Waals surface area contributed by atoms with Gasteiger partial charge in [-0.1, -0.05) is 78.6 Å². The molecule has 1 aliphatic heterocycles. The van der Waals surface area contributed by atoms with Crippen LogP contribution >= 0.6 is 24.0 Å². The van der Waals surface area contributed by atoms with E-state index in [-0.39, 0.29) is 0 Å². The monoisotopic (exact) mass is 481 g/mol. The number of para-hydroxylation sites is 1. The number of thiocarbonyl (C=S) groups is 1. The lowest BCUT2D eigenvalue weighted by Gasteiger charge is -2.36. The molecular formula is C23H23N5O3S2. The Morgan fingerprint density at radius 1 is 1.00 bits per heavy atom. The summed E-state index contributed by atoms with van der Waals surface area (Å²) in [5, 5.41) is 20.0. The zero-order chi connectivity index (χ0) is 23.6. The number of nitrogens with zero attached hydrogens (tertiary/aromatic N) is 2. The summed E-state index contributed by atoms with van der Waals surface area (Å²) < 4.78 is -0.378. The van der Waals surface area contributed by atoms with Gasteiger partial charge in [-0.25, -0.2) is 20.0 Å². The number of hydroxylamine groups is 2. The molecule has 0 aliphatic carbocycles. The summed E-state index contributed by atoms with van der Waals surface area (Å²) in [4.78, 5) is 25.6. The van der Waals surface area contributed by atoms with Crippen molar-refractivity contribution in [1.29, 1.82) is 0 Å². The predicted octanol–water partition coefficient (Wildman–Crippen LogP) is 5.24. The summed E-state index contributed by atoms with van der Waals surface area (Å²) in [6.45, 7) is 3.66. The van der Waals surface area contributed by atoms with Gasteiger partial charge in [-0.2, -0.15) is 5.06 Å². The van der Waals surface area contributed by atoms with Gasteiger partial charge in [-0.15, -0.1) is 0 Å². The van der Waals surface area contributed by atoms with Gasteiger partial charge >= 0.3 is 12.1 Å². The second-order valence-corrected chi connectivity index (χ2v) is 10.2. The first-order valence-electron chi connectivity index (χ1n) is 10.2. The third-order valence-electron chi connectivity index (χ3n) is 5.14. The van der Waals surface area contributed by atoms with E-state index in [2.05, 4.69) is 16.1 Å². The molecule has 1 saturated heterocycles. The molecule has 170 valence electrons. The Labute approximate surface area is 200 Å². The minimum atomic E-state index is -0.947. The number of hydrogen-bond acceptors (Lipinski definition) is 5. The molecule has 4 N–H and O–H groups in total. The summed E-state index contributed by atoms with van der Waals surface area (Å²) in [7, 11) is 0. The molecule has 1 fully saturated rings. The average molecular weight is 482 g/mol.